The third kappa shape index (κ3) is 3.06. The van der Waals surface area contributed by atoms with E-state index in [1.165, 1.54) is 39.5 Å². The second-order valence-corrected chi connectivity index (χ2v) is 10.5. The van der Waals surface area contributed by atoms with Crippen molar-refractivity contribution < 1.29 is 14.7 Å². The molecule has 2 amide bonds. The van der Waals surface area contributed by atoms with E-state index in [4.69, 9.17) is 23.2 Å². The SMILES string of the molecule is CC(C)c1c2c(nn1-c1ccccc1O)C(=O)N(c1cc(Cl)c(=O)n(C)c1)C21C(=O)Nc2cc(Cl)ccc21. The zero-order chi connectivity index (χ0) is 27.1. The summed E-state index contributed by atoms with van der Waals surface area (Å²) in [6.45, 7) is 3.85. The van der Waals surface area contributed by atoms with Crippen LogP contribution in [0.1, 0.15) is 47.1 Å². The van der Waals surface area contributed by atoms with Crippen molar-refractivity contribution in [3.05, 3.63) is 97.6 Å². The predicted molar refractivity (Wildman–Crippen MR) is 144 cm³/mol. The van der Waals surface area contributed by atoms with Crippen LogP contribution in [0.25, 0.3) is 5.69 Å². The first-order valence-corrected chi connectivity index (χ1v) is 12.6. The van der Waals surface area contributed by atoms with Gasteiger partial charge in [0.2, 0.25) is 0 Å². The van der Waals surface area contributed by atoms with Gasteiger partial charge in [0.15, 0.2) is 11.2 Å². The topological polar surface area (TPSA) is 109 Å². The molecule has 0 aliphatic carbocycles. The van der Waals surface area contributed by atoms with E-state index in [1.807, 2.05) is 13.8 Å². The van der Waals surface area contributed by atoms with Crippen LogP contribution in [0.2, 0.25) is 10.0 Å². The highest BCUT2D eigenvalue weighted by atomic mass is 35.5. The number of halogens is 2. The number of aromatic nitrogens is 3. The van der Waals surface area contributed by atoms with Gasteiger partial charge >= 0.3 is 0 Å². The van der Waals surface area contributed by atoms with Crippen LogP contribution < -0.4 is 15.8 Å². The molecule has 192 valence electrons. The summed E-state index contributed by atoms with van der Waals surface area (Å²) in [7, 11) is 1.52. The van der Waals surface area contributed by atoms with Crippen LogP contribution in [0.3, 0.4) is 0 Å². The first-order valence-electron chi connectivity index (χ1n) is 11.8. The number of amides is 2. The minimum Gasteiger partial charge on any atom is -0.506 e. The molecule has 0 bridgehead atoms. The van der Waals surface area contributed by atoms with Gasteiger partial charge < -0.3 is 15.0 Å². The Balaban J connectivity index is 1.75. The minimum absolute atomic E-state index is 0.0261. The van der Waals surface area contributed by atoms with Crippen LogP contribution in [0.15, 0.2) is 59.5 Å². The summed E-state index contributed by atoms with van der Waals surface area (Å²) in [5, 5.41) is 18.5. The van der Waals surface area contributed by atoms with E-state index in [2.05, 4.69) is 10.4 Å². The largest absolute Gasteiger partial charge is 0.506 e. The smallest absolute Gasteiger partial charge is 0.280 e. The second-order valence-electron chi connectivity index (χ2n) is 9.62. The molecule has 2 aliphatic rings. The summed E-state index contributed by atoms with van der Waals surface area (Å²) < 4.78 is 2.78. The van der Waals surface area contributed by atoms with E-state index in [1.54, 1.807) is 36.4 Å². The Morgan fingerprint density at radius 2 is 1.79 bits per heavy atom. The molecule has 2 aromatic carbocycles. The quantitative estimate of drug-likeness (QED) is 0.389. The van der Waals surface area contributed by atoms with Crippen LogP contribution in [0.4, 0.5) is 11.4 Å². The van der Waals surface area contributed by atoms with Gasteiger partial charge in [0.25, 0.3) is 17.4 Å². The molecule has 0 fully saturated rings. The van der Waals surface area contributed by atoms with Gasteiger partial charge in [-0.3, -0.25) is 19.3 Å². The van der Waals surface area contributed by atoms with Gasteiger partial charge in [-0.2, -0.15) is 5.10 Å². The van der Waals surface area contributed by atoms with Crippen molar-refractivity contribution in [3.63, 3.8) is 0 Å². The molecule has 38 heavy (non-hydrogen) atoms. The molecule has 9 nitrogen and oxygen atoms in total. The summed E-state index contributed by atoms with van der Waals surface area (Å²) in [5.41, 5.74) is 0.494. The van der Waals surface area contributed by atoms with Crippen molar-refractivity contribution >= 4 is 46.4 Å². The average molecular weight is 550 g/mol. The number of benzene rings is 2. The summed E-state index contributed by atoms with van der Waals surface area (Å²) >= 11 is 12.5. The number of phenolic OH excluding ortho intramolecular Hbond substituents is 1. The molecular weight excluding hydrogens is 529 g/mol. The Bertz CT molecular complexity index is 1730. The maximum absolute atomic E-state index is 14.2. The lowest BCUT2D eigenvalue weighted by molar-refractivity contribution is -0.119. The number of fused-ring (bicyclic) bond motifs is 4. The normalized spacial score (nSPS) is 17.9. The van der Waals surface area contributed by atoms with Crippen LogP contribution in [0, 0.1) is 0 Å². The van der Waals surface area contributed by atoms with Gasteiger partial charge in [0, 0.05) is 35.1 Å². The third-order valence-corrected chi connectivity index (χ3v) is 7.52. The lowest BCUT2D eigenvalue weighted by atomic mass is 9.81. The first-order chi connectivity index (χ1) is 18.1. The zero-order valence-corrected chi connectivity index (χ0v) is 22.0. The Hall–Kier alpha value is -4.08. The van der Waals surface area contributed by atoms with Gasteiger partial charge in [-0.15, -0.1) is 0 Å². The number of rotatable bonds is 3. The summed E-state index contributed by atoms with van der Waals surface area (Å²) in [5.74, 6) is -1.28. The number of carbonyl (C=O) groups excluding carboxylic acids is 2. The fourth-order valence-corrected chi connectivity index (χ4v) is 5.91. The van der Waals surface area contributed by atoms with Crippen LogP contribution >= 0.6 is 23.2 Å². The Labute approximate surface area is 226 Å². The summed E-state index contributed by atoms with van der Waals surface area (Å²) in [6, 6.07) is 13.0. The number of nitrogens with one attached hydrogen (secondary N) is 1. The Morgan fingerprint density at radius 1 is 1.05 bits per heavy atom. The van der Waals surface area contributed by atoms with E-state index < -0.39 is 22.9 Å². The maximum atomic E-state index is 14.2. The third-order valence-electron chi connectivity index (χ3n) is 7.01. The van der Waals surface area contributed by atoms with Crippen molar-refractivity contribution in [2.45, 2.75) is 25.3 Å². The van der Waals surface area contributed by atoms with E-state index in [-0.39, 0.29) is 28.1 Å². The number of carbonyl (C=O) groups is 2. The van der Waals surface area contributed by atoms with E-state index >= 15 is 0 Å². The number of phenols is 1. The molecule has 1 unspecified atom stereocenters. The van der Waals surface area contributed by atoms with Crippen molar-refractivity contribution in [1.29, 1.82) is 0 Å². The van der Waals surface area contributed by atoms with Crippen LogP contribution in [-0.4, -0.2) is 31.3 Å². The van der Waals surface area contributed by atoms with E-state index in [9.17, 15) is 19.5 Å². The maximum Gasteiger partial charge on any atom is 0.280 e. The molecule has 4 heterocycles. The lowest BCUT2D eigenvalue weighted by Crippen LogP contribution is -2.51. The number of anilines is 2. The number of pyridine rings is 1. The lowest BCUT2D eigenvalue weighted by Gasteiger charge is -2.35. The molecule has 4 aromatic rings. The van der Waals surface area contributed by atoms with Crippen LogP contribution in [0.5, 0.6) is 5.75 Å². The number of aromatic hydroxyl groups is 1. The number of hydrogen-bond acceptors (Lipinski definition) is 5. The first kappa shape index (κ1) is 24.3. The minimum atomic E-state index is -1.67. The van der Waals surface area contributed by atoms with Crippen molar-refractivity contribution in [2.24, 2.45) is 7.05 Å². The van der Waals surface area contributed by atoms with Crippen molar-refractivity contribution in [2.75, 3.05) is 10.2 Å². The highest BCUT2D eigenvalue weighted by Gasteiger charge is 2.64. The Kier molecular flexibility index (Phi) is 5.24. The number of nitrogens with zero attached hydrogens (tertiary/aromatic N) is 4. The molecule has 2 aromatic heterocycles. The molecule has 11 heteroatoms. The van der Waals surface area contributed by atoms with Crippen molar-refractivity contribution in [3.8, 4) is 11.4 Å². The average Bonchev–Trinajstić information content (AvgIpc) is 3.46. The number of aryl methyl sites for hydroxylation is 1. The second kappa shape index (κ2) is 8.21. The van der Waals surface area contributed by atoms with Gasteiger partial charge in [-0.25, -0.2) is 4.68 Å². The highest BCUT2D eigenvalue weighted by molar-refractivity contribution is 6.32. The monoisotopic (exact) mass is 549 g/mol. The van der Waals surface area contributed by atoms with Crippen LogP contribution in [-0.2, 0) is 17.4 Å². The van der Waals surface area contributed by atoms with Gasteiger partial charge in [0.1, 0.15) is 16.5 Å². The molecule has 2 aliphatic heterocycles. The molecule has 6 rings (SSSR count). The van der Waals surface area contributed by atoms with Gasteiger partial charge in [-0.05, 0) is 36.2 Å². The molecule has 0 saturated heterocycles. The molecule has 0 saturated carbocycles. The van der Waals surface area contributed by atoms with Crippen molar-refractivity contribution in [1.82, 2.24) is 14.3 Å². The zero-order valence-electron chi connectivity index (χ0n) is 20.5. The summed E-state index contributed by atoms with van der Waals surface area (Å²) in [4.78, 5) is 42.1. The molecule has 2 N–H and O–H groups in total. The number of hydrogen-bond donors (Lipinski definition) is 2. The number of para-hydroxylation sites is 2. The molecule has 1 atom stereocenters. The van der Waals surface area contributed by atoms with E-state index in [0.717, 1.165) is 0 Å². The molecule has 0 radical (unpaired) electrons. The highest BCUT2D eigenvalue weighted by Crippen LogP contribution is 2.55. The molecule has 1 spiro atoms. The van der Waals surface area contributed by atoms with Gasteiger partial charge in [-0.1, -0.05) is 55.2 Å². The predicted octanol–water partition coefficient (Wildman–Crippen LogP) is 4.56. The molecular formula is C27H21Cl2N5O4. The Morgan fingerprint density at radius 3 is 2.47 bits per heavy atom. The summed E-state index contributed by atoms with van der Waals surface area (Å²) in [6.07, 6.45) is 1.47. The standard InChI is InChI=1S/C27H21Cl2N5O4/c1-13(2)23-21-22(31-34(23)19-6-4-5-7-20(19)35)25(37)33(15-11-17(29)24(36)32(3)12-15)27(21)16-9-8-14(28)10-18(16)30-26(27)38/h4-13,35H,1-3H3,(H,30,38). The fourth-order valence-electron chi connectivity index (χ4n) is 5.50. The fraction of sp³-hybridized carbons (Fsp3) is 0.185. The van der Waals surface area contributed by atoms with Gasteiger partial charge in [0.05, 0.1) is 11.4 Å². The van der Waals surface area contributed by atoms with E-state index in [0.29, 0.717) is 33.2 Å².